The van der Waals surface area contributed by atoms with E-state index < -0.39 is 10.8 Å². The summed E-state index contributed by atoms with van der Waals surface area (Å²) < 4.78 is 10.6. The maximum absolute atomic E-state index is 10.8. The summed E-state index contributed by atoms with van der Waals surface area (Å²) in [5.41, 5.74) is 0. The van der Waals surface area contributed by atoms with Crippen LogP contribution in [0, 0.1) is 0 Å². The topological polar surface area (TPSA) is 37.4 Å². The highest BCUT2D eigenvalue weighted by Crippen LogP contribution is 1.90. The van der Waals surface area contributed by atoms with Crippen LogP contribution in [0.3, 0.4) is 0 Å². The van der Waals surface area contributed by atoms with Crippen LogP contribution in [-0.2, 0) is 15.6 Å². The summed E-state index contributed by atoms with van der Waals surface area (Å²) >= 11 is 0. The molecule has 1 amide bonds. The Morgan fingerprint density at radius 2 is 2.10 bits per heavy atom. The van der Waals surface area contributed by atoms with E-state index in [4.69, 9.17) is 0 Å². The van der Waals surface area contributed by atoms with Crippen molar-refractivity contribution in [2.75, 3.05) is 19.2 Å². The monoisotopic (exact) mass is 163 g/mol. The van der Waals surface area contributed by atoms with Crippen molar-refractivity contribution in [1.82, 2.24) is 4.90 Å². The molecule has 0 saturated carbocycles. The Kier molecular flexibility index (Phi) is 4.27. The molecular weight excluding hydrogens is 150 g/mol. The number of carbonyl (C=O) groups excluding carboxylic acids is 1. The van der Waals surface area contributed by atoms with E-state index in [0.29, 0.717) is 12.3 Å². The molecule has 0 fully saturated rings. The fourth-order valence-corrected chi connectivity index (χ4v) is 1.30. The van der Waals surface area contributed by atoms with Crippen molar-refractivity contribution in [3.8, 4) is 0 Å². The van der Waals surface area contributed by atoms with Crippen molar-refractivity contribution >= 4 is 16.7 Å². The maximum atomic E-state index is 10.8. The van der Waals surface area contributed by atoms with Gasteiger partial charge in [-0.1, -0.05) is 6.92 Å². The summed E-state index contributed by atoms with van der Waals surface area (Å²) in [6.45, 7) is 1.79. The lowest BCUT2D eigenvalue weighted by molar-refractivity contribution is -0.128. The van der Waals surface area contributed by atoms with Gasteiger partial charge in [-0.15, -0.1) is 0 Å². The highest BCUT2D eigenvalue weighted by atomic mass is 32.2. The quantitative estimate of drug-likeness (QED) is 0.595. The minimum atomic E-state index is -0.913. The number of nitrogens with zero attached hydrogens (tertiary/aromatic N) is 1. The third-order valence-electron chi connectivity index (χ3n) is 1.10. The summed E-state index contributed by atoms with van der Waals surface area (Å²) in [6.07, 6.45) is 2.06. The van der Waals surface area contributed by atoms with Gasteiger partial charge in [0.1, 0.15) is 0 Å². The lowest BCUT2D eigenvalue weighted by Gasteiger charge is -2.13. The molecule has 1 unspecified atom stereocenters. The first kappa shape index (κ1) is 9.62. The molecule has 0 aromatic rings. The van der Waals surface area contributed by atoms with Gasteiger partial charge in [0.05, 0.1) is 5.88 Å². The fourth-order valence-electron chi connectivity index (χ4n) is 0.615. The lowest BCUT2D eigenvalue weighted by atomic mass is 10.4. The molecule has 0 aliphatic heterocycles. The van der Waals surface area contributed by atoms with Gasteiger partial charge < -0.3 is 4.90 Å². The predicted molar refractivity (Wildman–Crippen MR) is 42.0 cm³/mol. The van der Waals surface area contributed by atoms with E-state index in [1.54, 1.807) is 20.2 Å². The Labute approximate surface area is 63.9 Å². The summed E-state index contributed by atoms with van der Waals surface area (Å²) in [7, 11) is 0.747. The molecule has 10 heavy (non-hydrogen) atoms. The SMILES string of the molecule is CCC(=O)N(C)CS(C)=O. The minimum Gasteiger partial charge on any atom is -0.334 e. The molecular formula is C6H13NO2S. The van der Waals surface area contributed by atoms with Gasteiger partial charge in [0, 0.05) is 30.5 Å². The average molecular weight is 163 g/mol. The number of rotatable bonds is 3. The Bertz CT molecular complexity index is 147. The van der Waals surface area contributed by atoms with Gasteiger partial charge in [0.2, 0.25) is 5.91 Å². The smallest absolute Gasteiger partial charge is 0.222 e. The predicted octanol–water partition coefficient (Wildman–Crippen LogP) is 0.191. The summed E-state index contributed by atoms with van der Waals surface area (Å²) in [4.78, 5) is 12.3. The van der Waals surface area contributed by atoms with Crippen molar-refractivity contribution in [1.29, 1.82) is 0 Å². The van der Waals surface area contributed by atoms with E-state index in [1.807, 2.05) is 0 Å². The Hall–Kier alpha value is -0.380. The summed E-state index contributed by atoms with van der Waals surface area (Å²) in [6, 6.07) is 0. The van der Waals surface area contributed by atoms with E-state index in [9.17, 15) is 9.00 Å². The minimum absolute atomic E-state index is 0.0372. The molecule has 0 N–H and O–H groups in total. The van der Waals surface area contributed by atoms with Gasteiger partial charge in [-0.25, -0.2) is 0 Å². The summed E-state index contributed by atoms with van der Waals surface area (Å²) in [5, 5.41) is 0. The highest BCUT2D eigenvalue weighted by Gasteiger charge is 2.05. The molecule has 4 heteroatoms. The highest BCUT2D eigenvalue weighted by molar-refractivity contribution is 7.84. The number of hydrogen-bond donors (Lipinski definition) is 0. The molecule has 0 radical (unpaired) electrons. The van der Waals surface area contributed by atoms with Gasteiger partial charge in [-0.2, -0.15) is 0 Å². The second-order valence-electron chi connectivity index (χ2n) is 2.15. The molecule has 0 aromatic heterocycles. The van der Waals surface area contributed by atoms with Crippen LogP contribution in [0.25, 0.3) is 0 Å². The molecule has 0 spiro atoms. The van der Waals surface area contributed by atoms with E-state index in [0.717, 1.165) is 0 Å². The van der Waals surface area contributed by atoms with Crippen LogP contribution < -0.4 is 0 Å². The van der Waals surface area contributed by atoms with Crippen molar-refractivity contribution in [2.24, 2.45) is 0 Å². The van der Waals surface area contributed by atoms with Crippen molar-refractivity contribution in [3.05, 3.63) is 0 Å². The third kappa shape index (κ3) is 3.61. The van der Waals surface area contributed by atoms with Gasteiger partial charge in [-0.05, 0) is 0 Å². The normalized spacial score (nSPS) is 12.7. The van der Waals surface area contributed by atoms with Crippen LogP contribution in [0.15, 0.2) is 0 Å². The number of hydrogen-bond acceptors (Lipinski definition) is 2. The summed E-state index contributed by atoms with van der Waals surface area (Å²) in [5.74, 6) is 0.377. The van der Waals surface area contributed by atoms with Gasteiger partial charge in [0.15, 0.2) is 0 Å². The standard InChI is InChI=1S/C6H13NO2S/c1-4-6(8)7(2)5-10(3)9/h4-5H2,1-3H3. The van der Waals surface area contributed by atoms with Crippen LogP contribution in [0.1, 0.15) is 13.3 Å². The van der Waals surface area contributed by atoms with E-state index in [2.05, 4.69) is 0 Å². The Morgan fingerprint density at radius 3 is 2.40 bits per heavy atom. The Balaban J connectivity index is 3.72. The molecule has 0 bridgehead atoms. The second-order valence-corrected chi connectivity index (χ2v) is 3.55. The van der Waals surface area contributed by atoms with Crippen LogP contribution in [-0.4, -0.2) is 34.2 Å². The molecule has 0 aliphatic rings. The largest absolute Gasteiger partial charge is 0.334 e. The van der Waals surface area contributed by atoms with Crippen LogP contribution in [0.4, 0.5) is 0 Å². The zero-order chi connectivity index (χ0) is 8.15. The van der Waals surface area contributed by atoms with E-state index in [1.165, 1.54) is 4.90 Å². The van der Waals surface area contributed by atoms with Gasteiger partial charge in [-0.3, -0.25) is 9.00 Å². The first-order chi connectivity index (χ1) is 4.57. The fraction of sp³-hybridized carbons (Fsp3) is 0.833. The van der Waals surface area contributed by atoms with E-state index in [-0.39, 0.29) is 5.91 Å². The first-order valence-corrected chi connectivity index (χ1v) is 4.84. The van der Waals surface area contributed by atoms with E-state index >= 15 is 0 Å². The molecule has 0 heterocycles. The molecule has 0 rings (SSSR count). The lowest BCUT2D eigenvalue weighted by Crippen LogP contribution is -2.28. The average Bonchev–Trinajstić information content (AvgIpc) is 1.85. The van der Waals surface area contributed by atoms with Crippen LogP contribution in [0.2, 0.25) is 0 Å². The molecule has 0 saturated heterocycles. The van der Waals surface area contributed by atoms with Crippen molar-refractivity contribution < 1.29 is 9.00 Å². The number of amides is 1. The first-order valence-electron chi connectivity index (χ1n) is 3.12. The zero-order valence-electron chi connectivity index (χ0n) is 6.59. The molecule has 60 valence electrons. The third-order valence-corrected chi connectivity index (χ3v) is 1.85. The van der Waals surface area contributed by atoms with Gasteiger partial charge >= 0.3 is 0 Å². The van der Waals surface area contributed by atoms with Gasteiger partial charge in [0.25, 0.3) is 0 Å². The van der Waals surface area contributed by atoms with Crippen LogP contribution >= 0.6 is 0 Å². The maximum Gasteiger partial charge on any atom is 0.222 e. The van der Waals surface area contributed by atoms with Crippen LogP contribution in [0.5, 0.6) is 0 Å². The molecule has 0 aliphatic carbocycles. The number of carbonyl (C=O) groups is 1. The molecule has 0 aromatic carbocycles. The second kappa shape index (κ2) is 4.44. The molecule has 1 atom stereocenters. The Morgan fingerprint density at radius 1 is 1.60 bits per heavy atom. The van der Waals surface area contributed by atoms with Crippen molar-refractivity contribution in [3.63, 3.8) is 0 Å². The molecule has 3 nitrogen and oxygen atoms in total. The van der Waals surface area contributed by atoms with Crippen molar-refractivity contribution in [2.45, 2.75) is 13.3 Å². The zero-order valence-corrected chi connectivity index (χ0v) is 7.40.